The number of hydrogen-bond donors (Lipinski definition) is 0. The van der Waals surface area contributed by atoms with Crippen molar-refractivity contribution in [3.05, 3.63) is 35.0 Å². The lowest BCUT2D eigenvalue weighted by Crippen LogP contribution is -1.95. The van der Waals surface area contributed by atoms with Crippen LogP contribution >= 0.6 is 11.3 Å². The van der Waals surface area contributed by atoms with Gasteiger partial charge in [0.1, 0.15) is 5.82 Å². The first-order valence-electron chi connectivity index (χ1n) is 6.43. The molecule has 0 spiro atoms. The number of hydrogen-bond acceptors (Lipinski definition) is 2. The second-order valence-electron chi connectivity index (χ2n) is 4.53. The Morgan fingerprint density at radius 1 is 1.22 bits per heavy atom. The predicted molar refractivity (Wildman–Crippen MR) is 74.9 cm³/mol. The molecule has 0 bridgehead atoms. The van der Waals surface area contributed by atoms with Crippen molar-refractivity contribution in [2.75, 3.05) is 0 Å². The van der Waals surface area contributed by atoms with E-state index in [-0.39, 0.29) is 11.6 Å². The van der Waals surface area contributed by atoms with Crippen LogP contribution in [0.3, 0.4) is 0 Å². The van der Waals surface area contributed by atoms with Gasteiger partial charge in [0.2, 0.25) is 0 Å². The van der Waals surface area contributed by atoms with Crippen LogP contribution in [-0.2, 0) is 0 Å². The smallest absolute Gasteiger partial charge is 0.172 e. The fourth-order valence-electron chi connectivity index (χ4n) is 1.99. The lowest BCUT2D eigenvalue weighted by molar-refractivity contribution is 0.0983. The van der Waals surface area contributed by atoms with Gasteiger partial charge in [-0.1, -0.05) is 26.2 Å². The molecule has 0 saturated heterocycles. The molecule has 0 aliphatic rings. The third-order valence-electron chi connectivity index (χ3n) is 3.01. The summed E-state index contributed by atoms with van der Waals surface area (Å²) in [5.41, 5.74) is 0. The summed E-state index contributed by atoms with van der Waals surface area (Å²) in [6, 6.07) is 6.47. The second kappa shape index (κ2) is 6.10. The van der Waals surface area contributed by atoms with Crippen LogP contribution in [0.1, 0.15) is 48.7 Å². The minimum absolute atomic E-state index is 0.188. The number of carbonyl (C=O) groups is 1. The molecule has 2 rings (SSSR count). The topological polar surface area (TPSA) is 17.1 Å². The van der Waals surface area contributed by atoms with Crippen molar-refractivity contribution < 1.29 is 9.18 Å². The van der Waals surface area contributed by atoms with E-state index in [9.17, 15) is 9.18 Å². The van der Waals surface area contributed by atoms with Crippen LogP contribution in [0.2, 0.25) is 0 Å². The highest BCUT2D eigenvalue weighted by Gasteiger charge is 2.10. The Morgan fingerprint density at radius 3 is 2.83 bits per heavy atom. The van der Waals surface area contributed by atoms with Gasteiger partial charge in [-0.3, -0.25) is 4.79 Å². The Bertz CT molecular complexity index is 544. The zero-order chi connectivity index (χ0) is 13.0. The molecule has 1 aromatic heterocycles. The van der Waals surface area contributed by atoms with E-state index in [4.69, 9.17) is 0 Å². The van der Waals surface area contributed by atoms with Gasteiger partial charge in [-0.05, 0) is 36.1 Å². The van der Waals surface area contributed by atoms with Gasteiger partial charge in [-0.15, -0.1) is 11.3 Å². The first-order valence-corrected chi connectivity index (χ1v) is 7.24. The Hall–Kier alpha value is -1.22. The molecule has 1 nitrogen and oxygen atoms in total. The third-order valence-corrected chi connectivity index (χ3v) is 4.17. The summed E-state index contributed by atoms with van der Waals surface area (Å²) in [6.07, 6.45) is 5.04. The molecule has 3 heteroatoms. The predicted octanol–water partition coefficient (Wildman–Crippen LogP) is 5.19. The molecule has 0 aliphatic heterocycles. The zero-order valence-electron chi connectivity index (χ0n) is 10.5. The molecule has 0 atom stereocenters. The van der Waals surface area contributed by atoms with Crippen molar-refractivity contribution in [3.63, 3.8) is 0 Å². The van der Waals surface area contributed by atoms with Crippen LogP contribution in [-0.4, -0.2) is 5.78 Å². The van der Waals surface area contributed by atoms with E-state index in [1.165, 1.54) is 36.3 Å². The fraction of sp³-hybridized carbons (Fsp3) is 0.400. The third kappa shape index (κ3) is 3.16. The Labute approximate surface area is 111 Å². The van der Waals surface area contributed by atoms with Crippen molar-refractivity contribution >= 4 is 27.2 Å². The number of halogens is 1. The first kappa shape index (κ1) is 13.2. The number of thiophene rings is 1. The first-order chi connectivity index (χ1) is 8.70. The molecule has 1 heterocycles. The average Bonchev–Trinajstić information content (AvgIpc) is 2.77. The number of ketones is 1. The van der Waals surface area contributed by atoms with Gasteiger partial charge in [0.05, 0.1) is 4.88 Å². The minimum Gasteiger partial charge on any atom is -0.293 e. The summed E-state index contributed by atoms with van der Waals surface area (Å²) in [7, 11) is 0. The maximum atomic E-state index is 13.1. The van der Waals surface area contributed by atoms with E-state index in [2.05, 4.69) is 6.92 Å². The van der Waals surface area contributed by atoms with Crippen molar-refractivity contribution in [1.29, 1.82) is 0 Å². The van der Waals surface area contributed by atoms with Crippen molar-refractivity contribution in [3.8, 4) is 0 Å². The number of fused-ring (bicyclic) bond motifs is 1. The molecule has 0 amide bonds. The van der Waals surface area contributed by atoms with Gasteiger partial charge in [0.25, 0.3) is 0 Å². The van der Waals surface area contributed by atoms with Gasteiger partial charge >= 0.3 is 0 Å². The van der Waals surface area contributed by atoms with Gasteiger partial charge in [-0.2, -0.15) is 0 Å². The number of rotatable bonds is 6. The molecule has 0 radical (unpaired) electrons. The molecule has 0 N–H and O–H groups in total. The van der Waals surface area contributed by atoms with E-state index < -0.39 is 0 Å². The zero-order valence-corrected chi connectivity index (χ0v) is 11.4. The largest absolute Gasteiger partial charge is 0.293 e. The standard InChI is InChI=1S/C15H17FOS/c1-2-3-4-5-6-13(17)15-10-11-9-12(16)7-8-14(11)18-15/h7-10H,2-6H2,1H3. The maximum Gasteiger partial charge on any atom is 0.172 e. The summed E-state index contributed by atoms with van der Waals surface area (Å²) >= 11 is 1.46. The van der Waals surface area contributed by atoms with Crippen LogP contribution in [0.25, 0.3) is 10.1 Å². The molecule has 2 aromatic rings. The Balaban J connectivity index is 2.04. The van der Waals surface area contributed by atoms with Crippen LogP contribution in [0.4, 0.5) is 4.39 Å². The molecule has 0 aliphatic carbocycles. The molecular formula is C15H17FOS. The fourth-order valence-corrected chi connectivity index (χ4v) is 3.00. The van der Waals surface area contributed by atoms with Gasteiger partial charge in [-0.25, -0.2) is 4.39 Å². The van der Waals surface area contributed by atoms with Gasteiger partial charge in [0, 0.05) is 11.1 Å². The van der Waals surface area contributed by atoms with Crippen LogP contribution < -0.4 is 0 Å². The molecule has 1 aromatic carbocycles. The summed E-state index contributed by atoms with van der Waals surface area (Å²) < 4.78 is 14.0. The monoisotopic (exact) mass is 264 g/mol. The molecule has 0 unspecified atom stereocenters. The summed E-state index contributed by atoms with van der Waals surface area (Å²) in [6.45, 7) is 2.16. The maximum absolute atomic E-state index is 13.1. The molecular weight excluding hydrogens is 247 g/mol. The number of carbonyl (C=O) groups excluding carboxylic acids is 1. The van der Waals surface area contributed by atoms with Gasteiger partial charge in [0.15, 0.2) is 5.78 Å². The number of unbranched alkanes of at least 4 members (excludes halogenated alkanes) is 3. The summed E-state index contributed by atoms with van der Waals surface area (Å²) in [5, 5.41) is 0.830. The highest BCUT2D eigenvalue weighted by molar-refractivity contribution is 7.20. The normalized spacial score (nSPS) is 11.0. The Kier molecular flexibility index (Phi) is 4.48. The number of Topliss-reactive ketones (excluding diaryl/α,β-unsaturated/α-hetero) is 1. The quantitative estimate of drug-likeness (QED) is 0.518. The lowest BCUT2D eigenvalue weighted by Gasteiger charge is -1.97. The van der Waals surface area contributed by atoms with Gasteiger partial charge < -0.3 is 0 Å². The van der Waals surface area contributed by atoms with Crippen molar-refractivity contribution in [1.82, 2.24) is 0 Å². The van der Waals surface area contributed by atoms with E-state index in [1.54, 1.807) is 6.07 Å². The van der Waals surface area contributed by atoms with Crippen molar-refractivity contribution in [2.45, 2.75) is 39.0 Å². The lowest BCUT2D eigenvalue weighted by atomic mass is 10.1. The highest BCUT2D eigenvalue weighted by Crippen LogP contribution is 2.27. The molecule has 96 valence electrons. The number of benzene rings is 1. The van der Waals surface area contributed by atoms with Crippen LogP contribution in [0, 0.1) is 5.82 Å². The second-order valence-corrected chi connectivity index (χ2v) is 5.61. The summed E-state index contributed by atoms with van der Waals surface area (Å²) in [5.74, 6) is -0.0602. The summed E-state index contributed by atoms with van der Waals surface area (Å²) in [4.78, 5) is 12.7. The molecule has 0 fully saturated rings. The SMILES string of the molecule is CCCCCCC(=O)c1cc2cc(F)ccc2s1. The average molecular weight is 264 g/mol. The minimum atomic E-state index is -0.248. The Morgan fingerprint density at radius 2 is 2.06 bits per heavy atom. The van der Waals surface area contributed by atoms with E-state index in [0.717, 1.165) is 27.8 Å². The van der Waals surface area contributed by atoms with E-state index in [1.807, 2.05) is 6.07 Å². The van der Waals surface area contributed by atoms with Crippen molar-refractivity contribution in [2.24, 2.45) is 0 Å². The molecule has 0 saturated carbocycles. The molecule has 18 heavy (non-hydrogen) atoms. The van der Waals surface area contributed by atoms with Crippen LogP contribution in [0.15, 0.2) is 24.3 Å². The highest BCUT2D eigenvalue weighted by atomic mass is 32.1. The van der Waals surface area contributed by atoms with Crippen LogP contribution in [0.5, 0.6) is 0 Å². The van der Waals surface area contributed by atoms with E-state index in [0.29, 0.717) is 6.42 Å². The van der Waals surface area contributed by atoms with E-state index >= 15 is 0 Å².